The molecule has 2 aliphatic rings. The zero-order valence-electron chi connectivity index (χ0n) is 13.2. The minimum absolute atomic E-state index is 0.0255. The van der Waals surface area contributed by atoms with Crippen LogP contribution in [0, 0.1) is 0 Å². The number of aliphatic imine (C=N–C) groups is 1. The number of hydrogen-bond donors (Lipinski definition) is 2. The minimum atomic E-state index is -4.12. The largest absolute Gasteiger partial charge is 0.401 e. The highest BCUT2D eigenvalue weighted by Gasteiger charge is 2.35. The molecule has 4 nitrogen and oxygen atoms in total. The lowest BCUT2D eigenvalue weighted by atomic mass is 10.1. The molecule has 2 aliphatic heterocycles. The van der Waals surface area contributed by atoms with Gasteiger partial charge in [-0.25, -0.2) is 0 Å². The van der Waals surface area contributed by atoms with Crippen LogP contribution in [0.4, 0.5) is 13.2 Å². The van der Waals surface area contributed by atoms with E-state index in [1.807, 2.05) is 11.8 Å². The molecule has 2 atom stereocenters. The Morgan fingerprint density at radius 3 is 2.82 bits per heavy atom. The van der Waals surface area contributed by atoms with E-state index in [1.54, 1.807) is 7.05 Å². The van der Waals surface area contributed by atoms with Gasteiger partial charge in [0.15, 0.2) is 5.96 Å². The lowest BCUT2D eigenvalue weighted by Crippen LogP contribution is -2.48. The van der Waals surface area contributed by atoms with E-state index in [1.165, 1.54) is 23.5 Å². The quantitative estimate of drug-likeness (QED) is 0.608. The molecule has 0 saturated carbocycles. The molecule has 0 bridgehead atoms. The van der Waals surface area contributed by atoms with Gasteiger partial charge >= 0.3 is 6.18 Å². The van der Waals surface area contributed by atoms with Crippen LogP contribution in [0.3, 0.4) is 0 Å². The molecule has 2 heterocycles. The number of rotatable bonds is 4. The highest BCUT2D eigenvalue weighted by molar-refractivity contribution is 8.00. The molecule has 0 radical (unpaired) electrons. The van der Waals surface area contributed by atoms with E-state index < -0.39 is 12.7 Å². The Hall–Kier alpha value is -0.630. The van der Waals surface area contributed by atoms with Gasteiger partial charge < -0.3 is 10.6 Å². The Bertz CT molecular complexity index is 394. The lowest BCUT2D eigenvalue weighted by molar-refractivity contribution is -0.143. The second-order valence-corrected chi connectivity index (χ2v) is 7.99. The number of alkyl halides is 3. The van der Waals surface area contributed by atoms with E-state index in [-0.39, 0.29) is 10.8 Å². The van der Waals surface area contributed by atoms with E-state index >= 15 is 0 Å². The van der Waals surface area contributed by atoms with Crippen LogP contribution in [0.1, 0.15) is 26.2 Å². The number of thioether (sulfide) groups is 1. The molecule has 0 aromatic carbocycles. The second kappa shape index (κ2) is 7.29. The van der Waals surface area contributed by atoms with Crippen LogP contribution >= 0.6 is 11.8 Å². The molecule has 0 aromatic rings. The van der Waals surface area contributed by atoms with Crippen molar-refractivity contribution in [2.45, 2.75) is 43.2 Å². The summed E-state index contributed by atoms with van der Waals surface area (Å²) in [5, 5.41) is 6.56. The molecular weight excluding hydrogens is 313 g/mol. The van der Waals surface area contributed by atoms with E-state index in [4.69, 9.17) is 0 Å². The first kappa shape index (κ1) is 17.7. The fourth-order valence-electron chi connectivity index (χ4n) is 2.98. The number of nitrogens with one attached hydrogen (secondary N) is 2. The summed E-state index contributed by atoms with van der Waals surface area (Å²) in [5.41, 5.74) is 0. The number of guanidine groups is 1. The van der Waals surface area contributed by atoms with Gasteiger partial charge in [0.05, 0.1) is 6.54 Å². The molecule has 22 heavy (non-hydrogen) atoms. The first-order valence-corrected chi connectivity index (χ1v) is 8.68. The molecule has 8 heteroatoms. The summed E-state index contributed by atoms with van der Waals surface area (Å²) in [6, 6.07) is 0.0255. The van der Waals surface area contributed by atoms with Gasteiger partial charge in [-0.15, -0.1) is 0 Å². The van der Waals surface area contributed by atoms with E-state index in [2.05, 4.69) is 22.5 Å². The summed E-state index contributed by atoms with van der Waals surface area (Å²) in [5.74, 6) is 1.88. The minimum Gasteiger partial charge on any atom is -0.355 e. The van der Waals surface area contributed by atoms with Crippen LogP contribution in [0.5, 0.6) is 0 Å². The molecule has 2 saturated heterocycles. The fourth-order valence-corrected chi connectivity index (χ4v) is 4.23. The molecule has 0 aliphatic carbocycles. The Morgan fingerprint density at radius 2 is 2.23 bits per heavy atom. The first-order chi connectivity index (χ1) is 10.3. The second-order valence-electron chi connectivity index (χ2n) is 6.31. The van der Waals surface area contributed by atoms with Gasteiger partial charge in [0.2, 0.25) is 0 Å². The van der Waals surface area contributed by atoms with Crippen molar-refractivity contribution in [2.24, 2.45) is 4.99 Å². The summed E-state index contributed by atoms with van der Waals surface area (Å²) in [6.07, 6.45) is -0.986. The monoisotopic (exact) mass is 338 g/mol. The van der Waals surface area contributed by atoms with Crippen molar-refractivity contribution < 1.29 is 13.2 Å². The van der Waals surface area contributed by atoms with Gasteiger partial charge in [0.25, 0.3) is 0 Å². The molecular formula is C14H25F3N4S. The van der Waals surface area contributed by atoms with Gasteiger partial charge in [-0.05, 0) is 31.9 Å². The smallest absolute Gasteiger partial charge is 0.355 e. The van der Waals surface area contributed by atoms with Crippen LogP contribution in [-0.4, -0.2) is 66.8 Å². The average Bonchev–Trinajstić information content (AvgIpc) is 3.03. The molecule has 0 aromatic heterocycles. The molecule has 0 amide bonds. The van der Waals surface area contributed by atoms with Gasteiger partial charge in [-0.1, -0.05) is 0 Å². The maximum atomic E-state index is 12.4. The normalized spacial score (nSPS) is 30.8. The highest BCUT2D eigenvalue weighted by atomic mass is 32.2. The first-order valence-electron chi connectivity index (χ1n) is 7.70. The van der Waals surface area contributed by atoms with E-state index in [0.29, 0.717) is 25.5 Å². The summed E-state index contributed by atoms with van der Waals surface area (Å²) >= 11 is 1.97. The van der Waals surface area contributed by atoms with Crippen molar-refractivity contribution in [3.8, 4) is 0 Å². The predicted molar refractivity (Wildman–Crippen MR) is 85.5 cm³/mol. The highest BCUT2D eigenvalue weighted by Crippen LogP contribution is 2.36. The van der Waals surface area contributed by atoms with Gasteiger partial charge in [-0.3, -0.25) is 9.89 Å². The Morgan fingerprint density at radius 1 is 1.45 bits per heavy atom. The van der Waals surface area contributed by atoms with E-state index in [0.717, 1.165) is 6.54 Å². The van der Waals surface area contributed by atoms with Crippen molar-refractivity contribution in [3.63, 3.8) is 0 Å². The zero-order valence-corrected chi connectivity index (χ0v) is 14.0. The Labute approximate surface area is 134 Å². The number of likely N-dealkylation sites (tertiary alicyclic amines) is 1. The van der Waals surface area contributed by atoms with Gasteiger partial charge in [-0.2, -0.15) is 24.9 Å². The summed E-state index contributed by atoms with van der Waals surface area (Å²) in [4.78, 5) is 5.63. The van der Waals surface area contributed by atoms with Crippen molar-refractivity contribution in [1.82, 2.24) is 15.5 Å². The Balaban J connectivity index is 1.74. The van der Waals surface area contributed by atoms with Crippen molar-refractivity contribution in [2.75, 3.05) is 39.0 Å². The van der Waals surface area contributed by atoms with Crippen LogP contribution in [-0.2, 0) is 0 Å². The van der Waals surface area contributed by atoms with Gasteiger partial charge in [0, 0.05) is 37.5 Å². The van der Waals surface area contributed by atoms with Gasteiger partial charge in [0.1, 0.15) is 0 Å². The zero-order chi connectivity index (χ0) is 16.2. The summed E-state index contributed by atoms with van der Waals surface area (Å²) in [6.45, 7) is 3.13. The van der Waals surface area contributed by atoms with Crippen molar-refractivity contribution in [3.05, 3.63) is 0 Å². The fraction of sp³-hybridized carbons (Fsp3) is 0.929. The van der Waals surface area contributed by atoms with Crippen LogP contribution in [0.25, 0.3) is 0 Å². The molecule has 128 valence electrons. The predicted octanol–water partition coefficient (Wildman–Crippen LogP) is 2.07. The summed E-state index contributed by atoms with van der Waals surface area (Å²) in [7, 11) is 1.70. The lowest BCUT2D eigenvalue weighted by Gasteiger charge is -2.25. The third-order valence-corrected chi connectivity index (χ3v) is 5.71. The summed E-state index contributed by atoms with van der Waals surface area (Å²) < 4.78 is 37.4. The van der Waals surface area contributed by atoms with Crippen LogP contribution in [0.15, 0.2) is 4.99 Å². The number of hydrogen-bond acceptors (Lipinski definition) is 3. The third kappa shape index (κ3) is 5.53. The molecule has 2 unspecified atom stereocenters. The maximum absolute atomic E-state index is 12.4. The number of halogens is 3. The van der Waals surface area contributed by atoms with Crippen molar-refractivity contribution in [1.29, 1.82) is 0 Å². The van der Waals surface area contributed by atoms with Crippen LogP contribution in [0.2, 0.25) is 0 Å². The SMILES string of the molecule is CN=C(NCC1(C)CCCS1)NC1CCN(CC(F)(F)F)C1. The topological polar surface area (TPSA) is 39.7 Å². The average molecular weight is 338 g/mol. The van der Waals surface area contributed by atoms with Crippen LogP contribution < -0.4 is 10.6 Å². The molecule has 0 spiro atoms. The van der Waals surface area contributed by atoms with E-state index in [9.17, 15) is 13.2 Å². The molecule has 2 fully saturated rings. The molecule has 2 N–H and O–H groups in total. The standard InChI is InChI=1S/C14H25F3N4S/c1-13(5-3-7-22-13)9-19-12(18-2)20-11-4-6-21(8-11)10-14(15,16)17/h11H,3-10H2,1-2H3,(H2,18,19,20). The van der Waals surface area contributed by atoms with Crippen molar-refractivity contribution >= 4 is 17.7 Å². The molecule has 2 rings (SSSR count). The maximum Gasteiger partial charge on any atom is 0.401 e. The Kier molecular flexibility index (Phi) is 5.87. The number of nitrogens with zero attached hydrogens (tertiary/aromatic N) is 2. The third-order valence-electron chi connectivity index (χ3n) is 4.17.